The van der Waals surface area contributed by atoms with E-state index >= 15 is 0 Å². The molecule has 0 radical (unpaired) electrons. The highest BCUT2D eigenvalue weighted by atomic mass is 16.6. The highest BCUT2D eigenvalue weighted by Gasteiger charge is 2.14. The van der Waals surface area contributed by atoms with Crippen molar-refractivity contribution in [3.05, 3.63) is 0 Å². The fraction of sp³-hybridized carbons (Fsp3) is 0.800. The van der Waals surface area contributed by atoms with Crippen LogP contribution in [0.25, 0.3) is 0 Å². The molecule has 6 heteroatoms. The van der Waals surface area contributed by atoms with Crippen molar-refractivity contribution < 1.29 is 19.1 Å². The van der Waals surface area contributed by atoms with Gasteiger partial charge < -0.3 is 20.1 Å². The highest BCUT2D eigenvalue weighted by Crippen LogP contribution is 1.95. The Labute approximate surface area is 95.7 Å². The first-order chi connectivity index (χ1) is 7.63. The third-order valence-corrected chi connectivity index (χ3v) is 1.71. The molecule has 6 nitrogen and oxygen atoms in total. The van der Waals surface area contributed by atoms with Crippen LogP contribution in [-0.2, 0) is 9.47 Å². The van der Waals surface area contributed by atoms with Gasteiger partial charge in [-0.2, -0.15) is 0 Å². The number of hydrogen-bond donors (Lipinski definition) is 2. The summed E-state index contributed by atoms with van der Waals surface area (Å²) in [6.07, 6.45) is -0.0974. The molecule has 2 N–H and O–H groups in total. The lowest BCUT2D eigenvalue weighted by atomic mass is 10.3. The Morgan fingerprint density at radius 2 is 1.44 bits per heavy atom. The van der Waals surface area contributed by atoms with Crippen LogP contribution in [0.1, 0.15) is 33.6 Å². The molecule has 0 atom stereocenters. The minimum absolute atomic E-state index is 0.296. The van der Waals surface area contributed by atoms with Crippen molar-refractivity contribution in [3.8, 4) is 0 Å². The second kappa shape index (κ2) is 8.82. The monoisotopic (exact) mass is 232 g/mol. The van der Waals surface area contributed by atoms with Gasteiger partial charge in [0, 0.05) is 0 Å². The van der Waals surface area contributed by atoms with Crippen LogP contribution in [0.2, 0.25) is 0 Å². The fourth-order valence-electron chi connectivity index (χ4n) is 1.10. The van der Waals surface area contributed by atoms with E-state index < -0.39 is 18.4 Å². The molecule has 0 bridgehead atoms. The number of alkyl carbamates (subject to hydrolysis) is 2. The Morgan fingerprint density at radius 1 is 1.00 bits per heavy atom. The van der Waals surface area contributed by atoms with E-state index in [1.807, 2.05) is 6.92 Å². The SMILES string of the molecule is CCCC(NC(=O)OCC)NC(=O)OCC. The first-order valence-electron chi connectivity index (χ1n) is 5.50. The fourth-order valence-corrected chi connectivity index (χ4v) is 1.10. The first-order valence-corrected chi connectivity index (χ1v) is 5.50. The van der Waals surface area contributed by atoms with Gasteiger partial charge in [0.1, 0.15) is 6.17 Å². The number of hydrogen-bond acceptors (Lipinski definition) is 4. The summed E-state index contributed by atoms with van der Waals surface area (Å²) in [6.45, 7) is 5.97. The molecule has 0 spiro atoms. The molecule has 0 aromatic rings. The van der Waals surface area contributed by atoms with E-state index in [1.54, 1.807) is 13.8 Å². The van der Waals surface area contributed by atoms with E-state index in [2.05, 4.69) is 10.6 Å². The molecule has 16 heavy (non-hydrogen) atoms. The van der Waals surface area contributed by atoms with Crippen molar-refractivity contribution in [1.29, 1.82) is 0 Å². The Bertz CT molecular complexity index is 201. The maximum atomic E-state index is 11.1. The lowest BCUT2D eigenvalue weighted by molar-refractivity contribution is 0.133. The van der Waals surface area contributed by atoms with Gasteiger partial charge in [-0.1, -0.05) is 13.3 Å². The van der Waals surface area contributed by atoms with Crippen LogP contribution in [0.3, 0.4) is 0 Å². The second-order valence-electron chi connectivity index (χ2n) is 3.07. The number of ether oxygens (including phenoxy) is 2. The van der Waals surface area contributed by atoms with Crippen molar-refractivity contribution in [2.45, 2.75) is 39.8 Å². The molecule has 0 unspecified atom stereocenters. The van der Waals surface area contributed by atoms with Crippen LogP contribution in [-0.4, -0.2) is 31.6 Å². The van der Waals surface area contributed by atoms with Gasteiger partial charge in [-0.05, 0) is 20.3 Å². The number of amides is 2. The largest absolute Gasteiger partial charge is 0.450 e. The zero-order chi connectivity index (χ0) is 12.4. The normalized spacial score (nSPS) is 9.75. The van der Waals surface area contributed by atoms with Crippen molar-refractivity contribution in [2.75, 3.05) is 13.2 Å². The summed E-state index contributed by atoms with van der Waals surface area (Å²) in [5.74, 6) is 0. The van der Waals surface area contributed by atoms with Gasteiger partial charge in [-0.3, -0.25) is 0 Å². The number of rotatable bonds is 6. The van der Waals surface area contributed by atoms with Crippen LogP contribution >= 0.6 is 0 Å². The zero-order valence-electron chi connectivity index (χ0n) is 10.0. The predicted molar refractivity (Wildman–Crippen MR) is 59.0 cm³/mol. The molecule has 2 amide bonds. The molecular weight excluding hydrogens is 212 g/mol. The average molecular weight is 232 g/mol. The van der Waals surface area contributed by atoms with Gasteiger partial charge in [-0.25, -0.2) is 9.59 Å². The molecule has 0 aromatic carbocycles. The number of nitrogens with one attached hydrogen (secondary N) is 2. The lowest BCUT2D eigenvalue weighted by Crippen LogP contribution is -2.48. The quantitative estimate of drug-likeness (QED) is 0.682. The summed E-state index contributed by atoms with van der Waals surface area (Å²) < 4.78 is 9.44. The van der Waals surface area contributed by atoms with E-state index in [-0.39, 0.29) is 0 Å². The van der Waals surface area contributed by atoms with E-state index in [4.69, 9.17) is 9.47 Å². The number of carbonyl (C=O) groups excluding carboxylic acids is 2. The molecule has 0 fully saturated rings. The van der Waals surface area contributed by atoms with Crippen LogP contribution in [0, 0.1) is 0 Å². The molecule has 0 aliphatic heterocycles. The molecule has 0 rings (SSSR count). The van der Waals surface area contributed by atoms with Crippen molar-refractivity contribution in [1.82, 2.24) is 10.6 Å². The average Bonchev–Trinajstić information content (AvgIpc) is 2.18. The summed E-state index contributed by atoms with van der Waals surface area (Å²) in [7, 11) is 0. The van der Waals surface area contributed by atoms with Crippen molar-refractivity contribution in [2.24, 2.45) is 0 Å². The van der Waals surface area contributed by atoms with Crippen LogP contribution in [0.5, 0.6) is 0 Å². The van der Waals surface area contributed by atoms with Gasteiger partial charge in [0.2, 0.25) is 0 Å². The van der Waals surface area contributed by atoms with Crippen molar-refractivity contribution >= 4 is 12.2 Å². The van der Waals surface area contributed by atoms with Crippen LogP contribution in [0.4, 0.5) is 9.59 Å². The van der Waals surface area contributed by atoms with Crippen LogP contribution < -0.4 is 10.6 Å². The second-order valence-corrected chi connectivity index (χ2v) is 3.07. The maximum Gasteiger partial charge on any atom is 0.408 e. The van der Waals surface area contributed by atoms with E-state index in [1.165, 1.54) is 0 Å². The summed E-state index contributed by atoms with van der Waals surface area (Å²) in [5.41, 5.74) is 0. The Kier molecular flexibility index (Phi) is 8.01. The molecule has 0 saturated heterocycles. The minimum atomic E-state index is -0.544. The van der Waals surface area contributed by atoms with Gasteiger partial charge >= 0.3 is 12.2 Å². The number of carbonyl (C=O) groups is 2. The molecule has 0 aliphatic rings. The summed E-state index contributed by atoms with van der Waals surface area (Å²) >= 11 is 0. The maximum absolute atomic E-state index is 11.1. The minimum Gasteiger partial charge on any atom is -0.450 e. The van der Waals surface area contributed by atoms with Gasteiger partial charge in [0.25, 0.3) is 0 Å². The molecule has 0 heterocycles. The van der Waals surface area contributed by atoms with Gasteiger partial charge in [0.15, 0.2) is 0 Å². The Balaban J connectivity index is 4.05. The first kappa shape index (κ1) is 14.5. The summed E-state index contributed by atoms with van der Waals surface area (Å²) in [6, 6.07) is 0. The predicted octanol–water partition coefficient (Wildman–Crippen LogP) is 1.60. The summed E-state index contributed by atoms with van der Waals surface area (Å²) in [5, 5.41) is 5.07. The molecule has 94 valence electrons. The third kappa shape index (κ3) is 6.92. The van der Waals surface area contributed by atoms with Gasteiger partial charge in [0.05, 0.1) is 13.2 Å². The zero-order valence-corrected chi connectivity index (χ0v) is 10.0. The highest BCUT2D eigenvalue weighted by molar-refractivity contribution is 5.70. The van der Waals surface area contributed by atoms with E-state index in [0.29, 0.717) is 19.6 Å². The third-order valence-electron chi connectivity index (χ3n) is 1.71. The molecular formula is C10H20N2O4. The van der Waals surface area contributed by atoms with Gasteiger partial charge in [-0.15, -0.1) is 0 Å². The van der Waals surface area contributed by atoms with Crippen LogP contribution in [0.15, 0.2) is 0 Å². The summed E-state index contributed by atoms with van der Waals surface area (Å²) in [4.78, 5) is 22.3. The Morgan fingerprint density at radius 3 is 1.75 bits per heavy atom. The van der Waals surface area contributed by atoms with E-state index in [0.717, 1.165) is 6.42 Å². The van der Waals surface area contributed by atoms with E-state index in [9.17, 15) is 9.59 Å². The lowest BCUT2D eigenvalue weighted by Gasteiger charge is -2.18. The molecule has 0 saturated carbocycles. The topological polar surface area (TPSA) is 76.7 Å². The smallest absolute Gasteiger partial charge is 0.408 e. The molecule has 0 aliphatic carbocycles. The Hall–Kier alpha value is -1.46. The van der Waals surface area contributed by atoms with Crippen molar-refractivity contribution in [3.63, 3.8) is 0 Å². The molecule has 0 aromatic heterocycles. The standard InChI is InChI=1S/C10H20N2O4/c1-4-7-8(11-9(13)15-5-2)12-10(14)16-6-3/h8H,4-7H2,1-3H3,(H,11,13)(H,12,14).